The average Bonchev–Trinajstić information content (AvgIpc) is 2.70. The molecular formula is C17H24Cl3N3O. The molecule has 1 N–H and O–H groups in total. The van der Waals surface area contributed by atoms with E-state index in [9.17, 15) is 4.79 Å². The van der Waals surface area contributed by atoms with Crippen LogP contribution in [-0.4, -0.2) is 49.6 Å². The van der Waals surface area contributed by atoms with E-state index in [1.807, 2.05) is 11.0 Å². The van der Waals surface area contributed by atoms with Crippen LogP contribution in [0, 0.1) is 0 Å². The second kappa shape index (κ2) is 7.38. The number of carbonyl (C=O) groups excluding carboxylic acids is 1. The summed E-state index contributed by atoms with van der Waals surface area (Å²) in [6.45, 7) is 10.2. The highest BCUT2D eigenvalue weighted by molar-refractivity contribution is 6.36. The molecule has 1 amide bonds. The van der Waals surface area contributed by atoms with E-state index in [0.29, 0.717) is 29.2 Å². The van der Waals surface area contributed by atoms with E-state index >= 15 is 0 Å². The van der Waals surface area contributed by atoms with Gasteiger partial charge in [0.05, 0.1) is 12.2 Å². The van der Waals surface area contributed by atoms with Crippen molar-refractivity contribution in [2.45, 2.75) is 32.2 Å². The number of piperazine rings is 1. The first-order valence-electron chi connectivity index (χ1n) is 8.03. The van der Waals surface area contributed by atoms with Crippen LogP contribution in [0.4, 0.5) is 5.69 Å². The van der Waals surface area contributed by atoms with Gasteiger partial charge in [0.2, 0.25) is 5.91 Å². The zero-order valence-electron chi connectivity index (χ0n) is 14.2. The first kappa shape index (κ1) is 19.8. The standard InChI is InChI=1S/C17H23Cl2N3O.ClH/c1-11-8-21(5-4-20-11)9-15(23)22-10-17(2,3)16-13(19)6-12(18)7-14(16)22;/h6-7,11,20H,4-5,8-10H2,1-3H3;1H. The predicted octanol–water partition coefficient (Wildman–Crippen LogP) is 3.33. The topological polar surface area (TPSA) is 35.6 Å². The lowest BCUT2D eigenvalue weighted by atomic mass is 9.87. The van der Waals surface area contributed by atoms with E-state index in [1.165, 1.54) is 0 Å². The maximum atomic E-state index is 12.9. The summed E-state index contributed by atoms with van der Waals surface area (Å²) in [6, 6.07) is 4.04. The Morgan fingerprint density at radius 1 is 1.38 bits per heavy atom. The Bertz CT molecular complexity index is 636. The summed E-state index contributed by atoms with van der Waals surface area (Å²) < 4.78 is 0. The summed E-state index contributed by atoms with van der Waals surface area (Å²) in [5.74, 6) is 0.115. The minimum atomic E-state index is -0.163. The number of hydrogen-bond acceptors (Lipinski definition) is 3. The van der Waals surface area contributed by atoms with Gasteiger partial charge in [-0.1, -0.05) is 37.0 Å². The number of hydrogen-bond donors (Lipinski definition) is 1. The monoisotopic (exact) mass is 391 g/mol. The van der Waals surface area contributed by atoms with Crippen LogP contribution in [0.15, 0.2) is 12.1 Å². The first-order chi connectivity index (χ1) is 10.8. The average molecular weight is 393 g/mol. The molecule has 2 aliphatic heterocycles. The minimum Gasteiger partial charge on any atom is -0.312 e. The normalized spacial score (nSPS) is 22.9. The van der Waals surface area contributed by atoms with E-state index in [2.05, 4.69) is 31.0 Å². The van der Waals surface area contributed by atoms with Gasteiger partial charge >= 0.3 is 0 Å². The van der Waals surface area contributed by atoms with Crippen LogP contribution in [-0.2, 0) is 10.2 Å². The molecule has 2 heterocycles. The van der Waals surface area contributed by atoms with Crippen LogP contribution < -0.4 is 10.2 Å². The molecule has 4 nitrogen and oxygen atoms in total. The van der Waals surface area contributed by atoms with Gasteiger partial charge in [0.1, 0.15) is 0 Å². The molecular weight excluding hydrogens is 369 g/mol. The van der Waals surface area contributed by atoms with Crippen molar-refractivity contribution in [2.75, 3.05) is 37.6 Å². The highest BCUT2D eigenvalue weighted by Gasteiger charge is 2.40. The molecule has 0 saturated carbocycles. The van der Waals surface area contributed by atoms with Crippen LogP contribution in [0.2, 0.25) is 10.0 Å². The third-order valence-corrected chi connectivity index (χ3v) is 5.18. The van der Waals surface area contributed by atoms with Gasteiger partial charge < -0.3 is 10.2 Å². The number of benzene rings is 1. The molecule has 134 valence electrons. The van der Waals surface area contributed by atoms with Gasteiger partial charge in [0.25, 0.3) is 0 Å². The molecule has 0 aliphatic carbocycles. The van der Waals surface area contributed by atoms with Crippen LogP contribution in [0.25, 0.3) is 0 Å². The fraction of sp³-hybridized carbons (Fsp3) is 0.588. The van der Waals surface area contributed by atoms with Crippen LogP contribution >= 0.6 is 35.6 Å². The van der Waals surface area contributed by atoms with E-state index < -0.39 is 0 Å². The summed E-state index contributed by atoms with van der Waals surface area (Å²) in [6.07, 6.45) is 0. The lowest BCUT2D eigenvalue weighted by molar-refractivity contribution is -0.120. The maximum absolute atomic E-state index is 12.9. The van der Waals surface area contributed by atoms with E-state index in [4.69, 9.17) is 23.2 Å². The molecule has 1 aromatic rings. The van der Waals surface area contributed by atoms with Gasteiger partial charge in [-0.25, -0.2) is 0 Å². The Labute approximate surface area is 159 Å². The maximum Gasteiger partial charge on any atom is 0.241 e. The third-order valence-electron chi connectivity index (χ3n) is 4.67. The SMILES string of the molecule is CC1CN(CC(=O)N2CC(C)(C)c3c(Cl)cc(Cl)cc32)CCN1.Cl. The molecule has 2 aliphatic rings. The first-order valence-corrected chi connectivity index (χ1v) is 8.79. The Hall–Kier alpha value is -0.520. The van der Waals surface area contributed by atoms with Crippen molar-refractivity contribution in [1.29, 1.82) is 0 Å². The smallest absolute Gasteiger partial charge is 0.241 e. The highest BCUT2D eigenvalue weighted by atomic mass is 35.5. The number of amides is 1. The van der Waals surface area contributed by atoms with Crippen LogP contribution in [0.5, 0.6) is 0 Å². The Kier molecular flexibility index (Phi) is 6.09. The number of rotatable bonds is 2. The van der Waals surface area contributed by atoms with Crippen molar-refractivity contribution in [3.8, 4) is 0 Å². The number of halogens is 3. The summed E-state index contributed by atoms with van der Waals surface area (Å²) in [7, 11) is 0. The summed E-state index contributed by atoms with van der Waals surface area (Å²) >= 11 is 12.6. The molecule has 24 heavy (non-hydrogen) atoms. The second-order valence-electron chi connectivity index (χ2n) is 7.24. The number of carbonyl (C=O) groups is 1. The lowest BCUT2D eigenvalue weighted by Crippen LogP contribution is -2.52. The minimum absolute atomic E-state index is 0. The lowest BCUT2D eigenvalue weighted by Gasteiger charge is -2.32. The molecule has 7 heteroatoms. The number of anilines is 1. The fourth-order valence-corrected chi connectivity index (χ4v) is 4.40. The molecule has 1 atom stereocenters. The predicted molar refractivity (Wildman–Crippen MR) is 103 cm³/mol. The molecule has 1 aromatic carbocycles. The Morgan fingerprint density at radius 3 is 2.75 bits per heavy atom. The molecule has 0 bridgehead atoms. The van der Waals surface area contributed by atoms with Gasteiger partial charge in [-0.2, -0.15) is 0 Å². The summed E-state index contributed by atoms with van der Waals surface area (Å²) in [5, 5.41) is 4.61. The van der Waals surface area contributed by atoms with Crippen molar-refractivity contribution in [3.63, 3.8) is 0 Å². The van der Waals surface area contributed by atoms with Gasteiger partial charge in [-0.3, -0.25) is 9.69 Å². The zero-order chi connectivity index (χ0) is 16.8. The molecule has 3 rings (SSSR count). The van der Waals surface area contributed by atoms with Crippen molar-refractivity contribution in [3.05, 3.63) is 27.7 Å². The summed E-state index contributed by atoms with van der Waals surface area (Å²) in [5.41, 5.74) is 1.72. The molecule has 1 unspecified atom stereocenters. The van der Waals surface area contributed by atoms with Crippen molar-refractivity contribution < 1.29 is 4.79 Å². The Morgan fingerprint density at radius 2 is 2.08 bits per heavy atom. The Balaban J connectivity index is 0.00000208. The molecule has 0 spiro atoms. The zero-order valence-corrected chi connectivity index (χ0v) is 16.6. The van der Waals surface area contributed by atoms with Crippen molar-refractivity contribution in [1.82, 2.24) is 10.2 Å². The van der Waals surface area contributed by atoms with Crippen LogP contribution in [0.1, 0.15) is 26.3 Å². The molecule has 1 saturated heterocycles. The molecule has 1 fully saturated rings. The number of nitrogens with one attached hydrogen (secondary N) is 1. The fourth-order valence-electron chi connectivity index (χ4n) is 3.66. The number of nitrogens with zero attached hydrogens (tertiary/aromatic N) is 2. The van der Waals surface area contributed by atoms with Crippen LogP contribution in [0.3, 0.4) is 0 Å². The quantitative estimate of drug-likeness (QED) is 0.838. The van der Waals surface area contributed by atoms with E-state index in [1.54, 1.807) is 6.07 Å². The third kappa shape index (κ3) is 3.83. The molecule has 0 radical (unpaired) electrons. The summed E-state index contributed by atoms with van der Waals surface area (Å²) in [4.78, 5) is 16.9. The highest BCUT2D eigenvalue weighted by Crippen LogP contribution is 2.46. The van der Waals surface area contributed by atoms with Gasteiger partial charge in [-0.05, 0) is 19.1 Å². The van der Waals surface area contributed by atoms with Gasteiger partial charge in [0, 0.05) is 53.2 Å². The van der Waals surface area contributed by atoms with Gasteiger partial charge in [-0.15, -0.1) is 12.4 Å². The molecule has 0 aromatic heterocycles. The van der Waals surface area contributed by atoms with Gasteiger partial charge in [0.15, 0.2) is 0 Å². The largest absolute Gasteiger partial charge is 0.312 e. The van der Waals surface area contributed by atoms with Crippen molar-refractivity contribution in [2.24, 2.45) is 0 Å². The second-order valence-corrected chi connectivity index (χ2v) is 8.08. The van der Waals surface area contributed by atoms with E-state index in [0.717, 1.165) is 30.9 Å². The van der Waals surface area contributed by atoms with Crippen molar-refractivity contribution >= 4 is 47.2 Å². The van der Waals surface area contributed by atoms with E-state index in [-0.39, 0.29) is 23.7 Å². The number of fused-ring (bicyclic) bond motifs is 1.